The molecule has 1 N–H and O–H groups in total. The summed E-state index contributed by atoms with van der Waals surface area (Å²) in [7, 11) is 0. The van der Waals surface area contributed by atoms with Crippen molar-refractivity contribution in [3.8, 4) is 0 Å². The van der Waals surface area contributed by atoms with E-state index in [4.69, 9.17) is 0 Å². The van der Waals surface area contributed by atoms with E-state index in [2.05, 4.69) is 78.5 Å². The standard InChI is InChI=1S/C28H30N2OS/c1-19-9-10-22(4)24(14-19)18-32-27-17-30(26-8-6-5-7-25(26)27)12-11-29-28(31)23-15-20(2)13-21(3)16-23/h5-10,13-17H,11-12,18H2,1-4H3,(H,29,31). The van der Waals surface area contributed by atoms with Gasteiger partial charge in [-0.1, -0.05) is 59.2 Å². The van der Waals surface area contributed by atoms with Crippen LogP contribution in [0, 0.1) is 27.7 Å². The zero-order valence-electron chi connectivity index (χ0n) is 19.2. The van der Waals surface area contributed by atoms with Gasteiger partial charge in [-0.25, -0.2) is 0 Å². The van der Waals surface area contributed by atoms with Crippen molar-refractivity contribution >= 4 is 28.6 Å². The Balaban J connectivity index is 1.46. The van der Waals surface area contributed by atoms with Crippen molar-refractivity contribution in [2.24, 2.45) is 0 Å². The molecule has 1 aromatic heterocycles. The zero-order valence-corrected chi connectivity index (χ0v) is 20.1. The fourth-order valence-electron chi connectivity index (χ4n) is 4.12. The summed E-state index contributed by atoms with van der Waals surface area (Å²) in [5, 5.41) is 4.35. The smallest absolute Gasteiger partial charge is 0.251 e. The van der Waals surface area contributed by atoms with Gasteiger partial charge in [0.2, 0.25) is 0 Å². The maximum absolute atomic E-state index is 12.6. The Bertz CT molecular complexity index is 1250. The van der Waals surface area contributed by atoms with Crippen LogP contribution in [-0.2, 0) is 12.3 Å². The van der Waals surface area contributed by atoms with E-state index in [9.17, 15) is 4.79 Å². The number of nitrogens with one attached hydrogen (secondary N) is 1. The maximum Gasteiger partial charge on any atom is 0.251 e. The van der Waals surface area contributed by atoms with Crippen LogP contribution in [0.5, 0.6) is 0 Å². The van der Waals surface area contributed by atoms with E-state index in [1.165, 1.54) is 32.5 Å². The number of aromatic nitrogens is 1. The monoisotopic (exact) mass is 442 g/mol. The lowest BCUT2D eigenvalue weighted by molar-refractivity contribution is 0.0952. The number of benzene rings is 3. The van der Waals surface area contributed by atoms with Crippen LogP contribution in [0.15, 0.2) is 71.8 Å². The third-order valence-corrected chi connectivity index (χ3v) is 6.85. The van der Waals surface area contributed by atoms with Crippen LogP contribution in [0.2, 0.25) is 0 Å². The summed E-state index contributed by atoms with van der Waals surface area (Å²) in [6.07, 6.45) is 2.23. The summed E-state index contributed by atoms with van der Waals surface area (Å²) in [6, 6.07) is 21.1. The van der Waals surface area contributed by atoms with E-state index >= 15 is 0 Å². The molecule has 0 saturated heterocycles. The minimum Gasteiger partial charge on any atom is -0.350 e. The van der Waals surface area contributed by atoms with Crippen LogP contribution in [0.4, 0.5) is 0 Å². The van der Waals surface area contributed by atoms with E-state index in [1.807, 2.05) is 37.7 Å². The third-order valence-electron chi connectivity index (χ3n) is 5.76. The molecule has 0 aliphatic carbocycles. The van der Waals surface area contributed by atoms with Crippen molar-refractivity contribution in [2.75, 3.05) is 6.54 Å². The lowest BCUT2D eigenvalue weighted by Gasteiger charge is -2.09. The van der Waals surface area contributed by atoms with Gasteiger partial charge >= 0.3 is 0 Å². The Labute approximate surface area is 194 Å². The lowest BCUT2D eigenvalue weighted by Crippen LogP contribution is -2.27. The Morgan fingerprint density at radius 2 is 1.66 bits per heavy atom. The minimum atomic E-state index is -0.0159. The molecule has 164 valence electrons. The summed E-state index contributed by atoms with van der Waals surface area (Å²) in [5.74, 6) is 0.933. The molecule has 0 unspecified atom stereocenters. The van der Waals surface area contributed by atoms with Gasteiger partial charge in [0.05, 0.1) is 0 Å². The molecule has 0 saturated carbocycles. The predicted molar refractivity (Wildman–Crippen MR) is 136 cm³/mol. The number of hydrogen-bond donors (Lipinski definition) is 1. The van der Waals surface area contributed by atoms with E-state index in [-0.39, 0.29) is 5.91 Å². The molecule has 3 aromatic carbocycles. The first-order valence-corrected chi connectivity index (χ1v) is 12.0. The number of rotatable bonds is 7. The van der Waals surface area contributed by atoms with Crippen LogP contribution < -0.4 is 5.32 Å². The highest BCUT2D eigenvalue weighted by atomic mass is 32.2. The maximum atomic E-state index is 12.6. The molecule has 4 rings (SSSR count). The van der Waals surface area contributed by atoms with Gasteiger partial charge in [0.15, 0.2) is 0 Å². The average molecular weight is 443 g/mol. The first kappa shape index (κ1) is 22.2. The number of amides is 1. The predicted octanol–water partition coefficient (Wildman–Crippen LogP) is 6.60. The van der Waals surface area contributed by atoms with E-state index < -0.39 is 0 Å². The summed E-state index contributed by atoms with van der Waals surface area (Å²) in [4.78, 5) is 13.9. The molecule has 32 heavy (non-hydrogen) atoms. The van der Waals surface area contributed by atoms with Crippen LogP contribution >= 0.6 is 11.8 Å². The Morgan fingerprint density at radius 1 is 0.906 bits per heavy atom. The quantitative estimate of drug-likeness (QED) is 0.327. The molecule has 0 aliphatic heterocycles. The van der Waals surface area contributed by atoms with Gasteiger partial charge in [0, 0.05) is 46.4 Å². The zero-order chi connectivity index (χ0) is 22.7. The van der Waals surface area contributed by atoms with Crippen molar-refractivity contribution < 1.29 is 4.79 Å². The number of carbonyl (C=O) groups is 1. The Kier molecular flexibility index (Phi) is 6.71. The fourth-order valence-corrected chi connectivity index (χ4v) is 5.27. The first-order valence-electron chi connectivity index (χ1n) is 11.0. The number of thioether (sulfide) groups is 1. The molecule has 1 heterocycles. The number of carbonyl (C=O) groups excluding carboxylic acids is 1. The molecule has 4 heteroatoms. The highest BCUT2D eigenvalue weighted by molar-refractivity contribution is 7.98. The third kappa shape index (κ3) is 5.08. The van der Waals surface area contributed by atoms with Gasteiger partial charge in [-0.15, -0.1) is 11.8 Å². The molecule has 4 aromatic rings. The van der Waals surface area contributed by atoms with Crippen molar-refractivity contribution in [3.05, 3.63) is 100 Å². The minimum absolute atomic E-state index is 0.0159. The first-order chi connectivity index (χ1) is 15.4. The molecule has 1 amide bonds. The van der Waals surface area contributed by atoms with Gasteiger partial charge in [0.1, 0.15) is 0 Å². The normalized spacial score (nSPS) is 11.1. The van der Waals surface area contributed by atoms with Crippen molar-refractivity contribution in [2.45, 2.75) is 44.9 Å². The Morgan fingerprint density at radius 3 is 2.44 bits per heavy atom. The summed E-state index contributed by atoms with van der Waals surface area (Å²) >= 11 is 1.88. The average Bonchev–Trinajstić information content (AvgIpc) is 3.11. The highest BCUT2D eigenvalue weighted by Crippen LogP contribution is 2.33. The highest BCUT2D eigenvalue weighted by Gasteiger charge is 2.11. The Hall–Kier alpha value is -2.98. The van der Waals surface area contributed by atoms with Crippen LogP contribution in [-0.4, -0.2) is 17.0 Å². The molecule has 0 radical (unpaired) electrons. The molecule has 0 spiro atoms. The number of hydrogen-bond acceptors (Lipinski definition) is 2. The van der Waals surface area contributed by atoms with E-state index in [0.29, 0.717) is 6.54 Å². The number of fused-ring (bicyclic) bond motifs is 1. The van der Waals surface area contributed by atoms with Gasteiger partial charge < -0.3 is 9.88 Å². The molecule has 3 nitrogen and oxygen atoms in total. The van der Waals surface area contributed by atoms with Gasteiger partial charge in [-0.05, 0) is 57.0 Å². The SMILES string of the molecule is Cc1cc(C)cc(C(=O)NCCn2cc(SCc3cc(C)ccc3C)c3ccccc32)c1. The second kappa shape index (κ2) is 9.66. The van der Waals surface area contributed by atoms with Gasteiger partial charge in [-0.2, -0.15) is 0 Å². The summed E-state index contributed by atoms with van der Waals surface area (Å²) < 4.78 is 2.25. The fraction of sp³-hybridized carbons (Fsp3) is 0.250. The van der Waals surface area contributed by atoms with E-state index in [0.717, 1.165) is 29.0 Å². The molecule has 0 aliphatic rings. The largest absolute Gasteiger partial charge is 0.350 e. The number of nitrogens with zero attached hydrogens (tertiary/aromatic N) is 1. The number of aryl methyl sites for hydroxylation is 4. The van der Waals surface area contributed by atoms with Crippen molar-refractivity contribution in [1.82, 2.24) is 9.88 Å². The molecule has 0 atom stereocenters. The van der Waals surface area contributed by atoms with Crippen LogP contribution in [0.3, 0.4) is 0 Å². The molecular formula is C28H30N2OS. The van der Waals surface area contributed by atoms with Crippen molar-refractivity contribution in [1.29, 1.82) is 0 Å². The molecule has 0 fully saturated rings. The van der Waals surface area contributed by atoms with Crippen LogP contribution in [0.25, 0.3) is 10.9 Å². The lowest BCUT2D eigenvalue weighted by atomic mass is 10.1. The van der Waals surface area contributed by atoms with Gasteiger partial charge in [0.25, 0.3) is 5.91 Å². The van der Waals surface area contributed by atoms with Gasteiger partial charge in [-0.3, -0.25) is 4.79 Å². The van der Waals surface area contributed by atoms with E-state index in [1.54, 1.807) is 0 Å². The number of para-hydroxylation sites is 1. The van der Waals surface area contributed by atoms with Crippen molar-refractivity contribution in [3.63, 3.8) is 0 Å². The second-order valence-corrected chi connectivity index (χ2v) is 9.57. The summed E-state index contributed by atoms with van der Waals surface area (Å²) in [6.45, 7) is 9.69. The second-order valence-electron chi connectivity index (χ2n) is 8.55. The topological polar surface area (TPSA) is 34.0 Å². The molecular weight excluding hydrogens is 412 g/mol. The van der Waals surface area contributed by atoms with Crippen LogP contribution in [0.1, 0.15) is 38.2 Å². The molecule has 0 bridgehead atoms. The summed E-state index contributed by atoms with van der Waals surface area (Å²) in [5.41, 5.74) is 8.16.